The molecule has 0 saturated carbocycles. The Labute approximate surface area is 170 Å². The van der Waals surface area contributed by atoms with Gasteiger partial charge in [0.05, 0.1) is 7.11 Å². The van der Waals surface area contributed by atoms with Gasteiger partial charge in [-0.2, -0.15) is 0 Å². The minimum absolute atomic E-state index is 0.215. The molecule has 1 atom stereocenters. The molecule has 0 bridgehead atoms. The highest BCUT2D eigenvalue weighted by Crippen LogP contribution is 2.36. The van der Waals surface area contributed by atoms with Crippen LogP contribution in [0.25, 0.3) is 0 Å². The number of hydrogen-bond donors (Lipinski definition) is 1. The first-order valence-corrected chi connectivity index (χ1v) is 9.69. The van der Waals surface area contributed by atoms with Crippen LogP contribution in [0.4, 0.5) is 11.6 Å². The summed E-state index contributed by atoms with van der Waals surface area (Å²) in [4.78, 5) is 24.0. The zero-order valence-electron chi connectivity index (χ0n) is 16.8. The normalized spacial score (nSPS) is 15.1. The standard InChI is InChI=1S/C23H24N4O2/c1-15-12-20(22(28)24-14-17-8-10-19(29-3)11-9-17)26-23(25-15)27-16(2)13-18-6-4-5-7-21(18)27/h4-12,16H,13-14H2,1-3H3,(H,24,28). The number of anilines is 2. The molecular formula is C23H24N4O2. The number of carbonyl (C=O) groups excluding carboxylic acids is 1. The van der Waals surface area contributed by atoms with Gasteiger partial charge in [-0.15, -0.1) is 0 Å². The fourth-order valence-electron chi connectivity index (χ4n) is 3.66. The topological polar surface area (TPSA) is 67.3 Å². The summed E-state index contributed by atoms with van der Waals surface area (Å²) in [6.45, 7) is 4.46. The number of aromatic nitrogens is 2. The molecule has 6 heteroatoms. The molecule has 3 aromatic rings. The van der Waals surface area contributed by atoms with Crippen molar-refractivity contribution in [2.24, 2.45) is 0 Å². The van der Waals surface area contributed by atoms with E-state index in [-0.39, 0.29) is 11.9 Å². The molecule has 1 aromatic heterocycles. The third-order valence-corrected chi connectivity index (χ3v) is 5.11. The second-order valence-corrected chi connectivity index (χ2v) is 7.28. The Morgan fingerprint density at radius 3 is 2.69 bits per heavy atom. The molecule has 0 spiro atoms. The lowest BCUT2D eigenvalue weighted by molar-refractivity contribution is 0.0945. The minimum atomic E-state index is -0.215. The van der Waals surface area contributed by atoms with Crippen LogP contribution in [0.5, 0.6) is 5.75 Å². The lowest BCUT2D eigenvalue weighted by Crippen LogP contribution is -2.29. The van der Waals surface area contributed by atoms with Gasteiger partial charge in [-0.1, -0.05) is 30.3 Å². The Bertz CT molecular complexity index is 1030. The summed E-state index contributed by atoms with van der Waals surface area (Å²) >= 11 is 0. The van der Waals surface area contributed by atoms with Gasteiger partial charge in [-0.3, -0.25) is 4.79 Å². The molecule has 148 valence electrons. The van der Waals surface area contributed by atoms with E-state index in [1.165, 1.54) is 5.56 Å². The number of fused-ring (bicyclic) bond motifs is 1. The third-order valence-electron chi connectivity index (χ3n) is 5.11. The SMILES string of the molecule is COc1ccc(CNC(=O)c2cc(C)nc(N3c4ccccc4CC3C)n2)cc1. The maximum atomic E-state index is 12.7. The van der Waals surface area contributed by atoms with Gasteiger partial charge in [-0.05, 0) is 55.7 Å². The number of hydrogen-bond acceptors (Lipinski definition) is 5. The number of amides is 1. The molecule has 29 heavy (non-hydrogen) atoms. The Kier molecular flexibility index (Phi) is 5.16. The number of para-hydroxylation sites is 1. The quantitative estimate of drug-likeness (QED) is 0.720. The number of aryl methyl sites for hydroxylation is 1. The van der Waals surface area contributed by atoms with Gasteiger partial charge in [0, 0.05) is 24.0 Å². The van der Waals surface area contributed by atoms with Crippen molar-refractivity contribution in [3.63, 3.8) is 0 Å². The van der Waals surface area contributed by atoms with Crippen LogP contribution in [0.2, 0.25) is 0 Å². The molecule has 1 aliphatic heterocycles. The van der Waals surface area contributed by atoms with Crippen molar-refractivity contribution in [2.45, 2.75) is 32.9 Å². The van der Waals surface area contributed by atoms with Gasteiger partial charge < -0.3 is 15.0 Å². The molecule has 1 unspecified atom stereocenters. The number of ether oxygens (including phenoxy) is 1. The van der Waals surface area contributed by atoms with Crippen LogP contribution >= 0.6 is 0 Å². The third kappa shape index (κ3) is 3.92. The highest BCUT2D eigenvalue weighted by Gasteiger charge is 2.29. The van der Waals surface area contributed by atoms with E-state index in [0.717, 1.165) is 29.1 Å². The lowest BCUT2D eigenvalue weighted by atomic mass is 10.1. The zero-order chi connectivity index (χ0) is 20.4. The molecule has 0 saturated heterocycles. The largest absolute Gasteiger partial charge is 0.497 e. The van der Waals surface area contributed by atoms with E-state index in [1.807, 2.05) is 43.3 Å². The molecule has 0 fully saturated rings. The highest BCUT2D eigenvalue weighted by molar-refractivity contribution is 5.92. The van der Waals surface area contributed by atoms with Crippen molar-refractivity contribution >= 4 is 17.5 Å². The summed E-state index contributed by atoms with van der Waals surface area (Å²) in [5, 5.41) is 2.94. The summed E-state index contributed by atoms with van der Waals surface area (Å²) < 4.78 is 5.16. The minimum Gasteiger partial charge on any atom is -0.497 e. The van der Waals surface area contributed by atoms with Crippen LogP contribution in [0.1, 0.15) is 34.2 Å². The Hall–Kier alpha value is -3.41. The maximum Gasteiger partial charge on any atom is 0.270 e. The van der Waals surface area contributed by atoms with Gasteiger partial charge in [0.15, 0.2) is 0 Å². The number of methoxy groups -OCH3 is 1. The second-order valence-electron chi connectivity index (χ2n) is 7.28. The number of benzene rings is 2. The fraction of sp³-hybridized carbons (Fsp3) is 0.261. The van der Waals surface area contributed by atoms with Crippen LogP contribution in [-0.4, -0.2) is 29.0 Å². The first-order chi connectivity index (χ1) is 14.0. The first-order valence-electron chi connectivity index (χ1n) is 9.69. The fourth-order valence-corrected chi connectivity index (χ4v) is 3.66. The molecule has 2 aromatic carbocycles. The molecule has 1 N–H and O–H groups in total. The summed E-state index contributed by atoms with van der Waals surface area (Å²) in [6, 6.07) is 17.8. The van der Waals surface area contributed by atoms with Crippen molar-refractivity contribution in [3.8, 4) is 5.75 Å². The average Bonchev–Trinajstić information content (AvgIpc) is 3.07. The molecule has 0 aliphatic carbocycles. The van der Waals surface area contributed by atoms with Gasteiger partial charge >= 0.3 is 0 Å². The molecule has 6 nitrogen and oxygen atoms in total. The molecule has 0 radical (unpaired) electrons. The smallest absolute Gasteiger partial charge is 0.270 e. The van der Waals surface area contributed by atoms with Crippen molar-refractivity contribution in [1.29, 1.82) is 0 Å². The number of nitrogens with one attached hydrogen (secondary N) is 1. The number of nitrogens with zero attached hydrogens (tertiary/aromatic N) is 3. The van der Waals surface area contributed by atoms with E-state index in [4.69, 9.17) is 4.74 Å². The first kappa shape index (κ1) is 18.9. The monoisotopic (exact) mass is 388 g/mol. The van der Waals surface area contributed by atoms with Crippen molar-refractivity contribution in [2.75, 3.05) is 12.0 Å². The van der Waals surface area contributed by atoms with E-state index in [1.54, 1.807) is 13.2 Å². The molecule has 4 rings (SSSR count). The van der Waals surface area contributed by atoms with E-state index < -0.39 is 0 Å². The summed E-state index contributed by atoms with van der Waals surface area (Å²) in [6.07, 6.45) is 0.937. The van der Waals surface area contributed by atoms with Gasteiger partial charge in [-0.25, -0.2) is 9.97 Å². The van der Waals surface area contributed by atoms with Gasteiger partial charge in [0.25, 0.3) is 5.91 Å². The highest BCUT2D eigenvalue weighted by atomic mass is 16.5. The predicted octanol–water partition coefficient (Wildman–Crippen LogP) is 3.81. The zero-order valence-corrected chi connectivity index (χ0v) is 16.8. The van der Waals surface area contributed by atoms with Crippen LogP contribution in [0.3, 0.4) is 0 Å². The van der Waals surface area contributed by atoms with Gasteiger partial charge in [0.2, 0.25) is 5.95 Å². The van der Waals surface area contributed by atoms with Crippen LogP contribution in [0.15, 0.2) is 54.6 Å². The molecule has 2 heterocycles. The van der Waals surface area contributed by atoms with E-state index in [9.17, 15) is 4.79 Å². The van der Waals surface area contributed by atoms with Crippen molar-refractivity contribution in [3.05, 3.63) is 77.1 Å². The lowest BCUT2D eigenvalue weighted by Gasteiger charge is -2.23. The van der Waals surface area contributed by atoms with E-state index in [0.29, 0.717) is 18.2 Å². The Morgan fingerprint density at radius 1 is 1.17 bits per heavy atom. The number of rotatable bonds is 5. The van der Waals surface area contributed by atoms with E-state index >= 15 is 0 Å². The molecule has 1 aliphatic rings. The number of carbonyl (C=O) groups is 1. The Morgan fingerprint density at radius 2 is 1.93 bits per heavy atom. The molecule has 1 amide bonds. The van der Waals surface area contributed by atoms with Crippen molar-refractivity contribution in [1.82, 2.24) is 15.3 Å². The summed E-state index contributed by atoms with van der Waals surface area (Å²) in [5.41, 5.74) is 4.51. The van der Waals surface area contributed by atoms with Crippen LogP contribution in [-0.2, 0) is 13.0 Å². The second kappa shape index (κ2) is 7.91. The predicted molar refractivity (Wildman–Crippen MR) is 113 cm³/mol. The molecular weight excluding hydrogens is 364 g/mol. The summed E-state index contributed by atoms with van der Waals surface area (Å²) in [7, 11) is 1.63. The van der Waals surface area contributed by atoms with Crippen molar-refractivity contribution < 1.29 is 9.53 Å². The van der Waals surface area contributed by atoms with Crippen LogP contribution < -0.4 is 15.0 Å². The van der Waals surface area contributed by atoms with Crippen LogP contribution in [0, 0.1) is 6.92 Å². The van der Waals surface area contributed by atoms with Gasteiger partial charge in [0.1, 0.15) is 11.4 Å². The average molecular weight is 388 g/mol. The maximum absolute atomic E-state index is 12.7. The van der Waals surface area contributed by atoms with E-state index in [2.05, 4.69) is 39.2 Å². The Balaban J connectivity index is 1.54. The summed E-state index contributed by atoms with van der Waals surface area (Å²) in [5.74, 6) is 1.14.